The number of rotatable bonds is 3. The maximum atomic E-state index is 13.5. The molecule has 0 fully saturated rings. The van der Waals surface area contributed by atoms with Crippen LogP contribution in [0.3, 0.4) is 0 Å². The predicted octanol–water partition coefficient (Wildman–Crippen LogP) is 5.54. The zero-order valence-electron chi connectivity index (χ0n) is 16.3. The Balaban J connectivity index is 1.92. The molecule has 0 bridgehead atoms. The summed E-state index contributed by atoms with van der Waals surface area (Å²) in [6, 6.07) is 17.4. The number of sulfonamides is 1. The molecule has 0 aliphatic heterocycles. The van der Waals surface area contributed by atoms with Crippen molar-refractivity contribution in [3.05, 3.63) is 84.1 Å². The first kappa shape index (κ1) is 21.0. The van der Waals surface area contributed by atoms with Crippen molar-refractivity contribution in [1.29, 1.82) is 0 Å². The Morgan fingerprint density at radius 3 is 2.16 bits per heavy atom. The largest absolute Gasteiger partial charge is 0.418 e. The molecule has 158 valence electrons. The molecule has 1 aromatic heterocycles. The standard InChI is InChI=1S/C23H17F3N2O2S/c1-14-13-28-22-19(9-4-10-20(22)23(24,25)26)21(14)17-7-2-5-15(11-17)16-6-3-8-18(12-16)31(27,29)30/h2-13H,1H3,(H2,27,29,30). The Bertz CT molecular complexity index is 1410. The summed E-state index contributed by atoms with van der Waals surface area (Å²) in [5.74, 6) is 0. The van der Waals surface area contributed by atoms with Gasteiger partial charge in [0.25, 0.3) is 0 Å². The first-order valence-corrected chi connectivity index (χ1v) is 10.8. The van der Waals surface area contributed by atoms with Gasteiger partial charge in [0, 0.05) is 11.6 Å². The topological polar surface area (TPSA) is 73.0 Å². The van der Waals surface area contributed by atoms with Crippen molar-refractivity contribution in [2.24, 2.45) is 5.14 Å². The lowest BCUT2D eigenvalue weighted by molar-refractivity contribution is -0.136. The van der Waals surface area contributed by atoms with Crippen molar-refractivity contribution in [2.45, 2.75) is 18.0 Å². The number of benzene rings is 3. The number of alkyl halides is 3. The monoisotopic (exact) mass is 442 g/mol. The Morgan fingerprint density at radius 1 is 0.871 bits per heavy atom. The van der Waals surface area contributed by atoms with Crippen LogP contribution in [0.25, 0.3) is 33.2 Å². The van der Waals surface area contributed by atoms with E-state index in [2.05, 4.69) is 4.98 Å². The van der Waals surface area contributed by atoms with Crippen LogP contribution in [0, 0.1) is 6.92 Å². The Kier molecular flexibility index (Phi) is 5.07. The summed E-state index contributed by atoms with van der Waals surface area (Å²) in [5.41, 5.74) is 2.49. The second-order valence-corrected chi connectivity index (χ2v) is 8.73. The Hall–Kier alpha value is -3.23. The molecule has 4 rings (SSSR count). The van der Waals surface area contributed by atoms with Crippen LogP contribution in [0.2, 0.25) is 0 Å². The average Bonchev–Trinajstić information content (AvgIpc) is 2.72. The SMILES string of the molecule is Cc1cnc2c(C(F)(F)F)cccc2c1-c1cccc(-c2cccc(S(N)(=O)=O)c2)c1. The zero-order valence-corrected chi connectivity index (χ0v) is 17.1. The van der Waals surface area contributed by atoms with Crippen molar-refractivity contribution in [2.75, 3.05) is 0 Å². The molecule has 4 nitrogen and oxygen atoms in total. The molecular weight excluding hydrogens is 425 g/mol. The van der Waals surface area contributed by atoms with Gasteiger partial charge in [-0.1, -0.05) is 42.5 Å². The molecule has 0 amide bonds. The summed E-state index contributed by atoms with van der Waals surface area (Å²) in [4.78, 5) is 4.03. The third kappa shape index (κ3) is 4.04. The van der Waals surface area contributed by atoms with Gasteiger partial charge in [0.05, 0.1) is 16.0 Å². The van der Waals surface area contributed by atoms with Gasteiger partial charge in [0.2, 0.25) is 10.0 Å². The molecule has 31 heavy (non-hydrogen) atoms. The van der Waals surface area contributed by atoms with E-state index in [1.807, 2.05) is 6.07 Å². The highest BCUT2D eigenvalue weighted by molar-refractivity contribution is 7.89. The third-order valence-electron chi connectivity index (χ3n) is 5.04. The molecule has 0 unspecified atom stereocenters. The van der Waals surface area contributed by atoms with Gasteiger partial charge in [-0.25, -0.2) is 13.6 Å². The third-order valence-corrected chi connectivity index (χ3v) is 5.95. The van der Waals surface area contributed by atoms with Gasteiger partial charge in [-0.15, -0.1) is 0 Å². The lowest BCUT2D eigenvalue weighted by atomic mass is 9.93. The first-order chi connectivity index (χ1) is 14.6. The number of halogens is 3. The lowest BCUT2D eigenvalue weighted by Crippen LogP contribution is -2.11. The van der Waals surface area contributed by atoms with Gasteiger partial charge in [-0.3, -0.25) is 4.98 Å². The summed E-state index contributed by atoms with van der Waals surface area (Å²) in [7, 11) is -3.86. The van der Waals surface area contributed by atoms with Crippen LogP contribution in [-0.2, 0) is 16.2 Å². The average molecular weight is 442 g/mol. The summed E-state index contributed by atoms with van der Waals surface area (Å²) < 4.78 is 63.8. The fraction of sp³-hybridized carbons (Fsp3) is 0.0870. The van der Waals surface area contributed by atoms with E-state index in [1.165, 1.54) is 24.4 Å². The normalized spacial score (nSPS) is 12.3. The van der Waals surface area contributed by atoms with Crippen LogP contribution in [0.5, 0.6) is 0 Å². The van der Waals surface area contributed by atoms with Gasteiger partial charge in [0.15, 0.2) is 0 Å². The fourth-order valence-electron chi connectivity index (χ4n) is 3.64. The van der Waals surface area contributed by atoms with Crippen molar-refractivity contribution in [3.63, 3.8) is 0 Å². The van der Waals surface area contributed by atoms with Crippen LogP contribution in [0.15, 0.2) is 77.8 Å². The highest BCUT2D eigenvalue weighted by atomic mass is 32.2. The molecule has 0 spiro atoms. The Morgan fingerprint density at radius 2 is 1.48 bits per heavy atom. The smallest absolute Gasteiger partial charge is 0.255 e. The number of hydrogen-bond donors (Lipinski definition) is 1. The second-order valence-electron chi connectivity index (χ2n) is 7.17. The van der Waals surface area contributed by atoms with E-state index in [9.17, 15) is 21.6 Å². The maximum absolute atomic E-state index is 13.5. The molecule has 0 saturated heterocycles. The van der Waals surface area contributed by atoms with Crippen LogP contribution in [-0.4, -0.2) is 13.4 Å². The number of nitrogens with two attached hydrogens (primary N) is 1. The lowest BCUT2D eigenvalue weighted by Gasteiger charge is -2.15. The number of aryl methyl sites for hydroxylation is 1. The quantitative estimate of drug-likeness (QED) is 0.453. The van der Waals surface area contributed by atoms with E-state index in [0.717, 1.165) is 11.6 Å². The minimum Gasteiger partial charge on any atom is -0.255 e. The number of para-hydroxylation sites is 1. The van der Waals surface area contributed by atoms with Gasteiger partial charge in [0.1, 0.15) is 0 Å². The highest BCUT2D eigenvalue weighted by Gasteiger charge is 2.33. The second kappa shape index (κ2) is 7.47. The Labute approximate surface area is 177 Å². The predicted molar refractivity (Wildman–Crippen MR) is 114 cm³/mol. The highest BCUT2D eigenvalue weighted by Crippen LogP contribution is 2.39. The summed E-state index contributed by atoms with van der Waals surface area (Å²) in [6.45, 7) is 1.79. The molecule has 0 saturated carbocycles. The summed E-state index contributed by atoms with van der Waals surface area (Å²) >= 11 is 0. The minimum absolute atomic E-state index is 0.0178. The molecule has 1 heterocycles. The van der Waals surface area contributed by atoms with Crippen LogP contribution >= 0.6 is 0 Å². The van der Waals surface area contributed by atoms with E-state index < -0.39 is 21.8 Å². The van der Waals surface area contributed by atoms with Crippen molar-refractivity contribution < 1.29 is 21.6 Å². The van der Waals surface area contributed by atoms with Crippen LogP contribution in [0.4, 0.5) is 13.2 Å². The molecule has 2 N–H and O–H groups in total. The van der Waals surface area contributed by atoms with Crippen LogP contribution < -0.4 is 5.14 Å². The molecule has 4 aromatic rings. The van der Waals surface area contributed by atoms with Crippen molar-refractivity contribution >= 4 is 20.9 Å². The van der Waals surface area contributed by atoms with E-state index in [1.54, 1.807) is 43.3 Å². The van der Waals surface area contributed by atoms with E-state index in [4.69, 9.17) is 5.14 Å². The number of fused-ring (bicyclic) bond motifs is 1. The number of pyridine rings is 1. The molecular formula is C23H17F3N2O2S. The number of aromatic nitrogens is 1. The number of hydrogen-bond acceptors (Lipinski definition) is 3. The number of nitrogens with zero attached hydrogens (tertiary/aromatic N) is 1. The van der Waals surface area contributed by atoms with Crippen LogP contribution in [0.1, 0.15) is 11.1 Å². The van der Waals surface area contributed by atoms with Gasteiger partial charge < -0.3 is 0 Å². The van der Waals surface area contributed by atoms with Gasteiger partial charge in [-0.2, -0.15) is 13.2 Å². The van der Waals surface area contributed by atoms with Crippen molar-refractivity contribution in [1.82, 2.24) is 4.98 Å². The van der Waals surface area contributed by atoms with E-state index in [-0.39, 0.29) is 10.4 Å². The molecule has 3 aromatic carbocycles. The van der Waals surface area contributed by atoms with E-state index >= 15 is 0 Å². The summed E-state index contributed by atoms with van der Waals surface area (Å²) in [6.07, 6.45) is -3.09. The molecule has 8 heteroatoms. The maximum Gasteiger partial charge on any atom is 0.418 e. The molecule has 0 aliphatic carbocycles. The molecule has 0 atom stereocenters. The van der Waals surface area contributed by atoms with Gasteiger partial charge in [-0.05, 0) is 59.0 Å². The first-order valence-electron chi connectivity index (χ1n) is 9.25. The zero-order chi connectivity index (χ0) is 22.4. The summed E-state index contributed by atoms with van der Waals surface area (Å²) in [5, 5.41) is 5.62. The van der Waals surface area contributed by atoms with Crippen molar-refractivity contribution in [3.8, 4) is 22.3 Å². The number of primary sulfonamides is 1. The molecule has 0 radical (unpaired) electrons. The fourth-order valence-corrected chi connectivity index (χ4v) is 4.20. The van der Waals surface area contributed by atoms with Gasteiger partial charge >= 0.3 is 6.18 Å². The minimum atomic E-state index is -4.52. The molecule has 0 aliphatic rings. The van der Waals surface area contributed by atoms with E-state index in [0.29, 0.717) is 27.6 Å².